The van der Waals surface area contributed by atoms with Gasteiger partial charge >= 0.3 is 4.87 Å². The molecule has 0 bridgehead atoms. The van der Waals surface area contributed by atoms with Crippen LogP contribution in [-0.4, -0.2) is 36.3 Å². The van der Waals surface area contributed by atoms with E-state index >= 15 is 0 Å². The summed E-state index contributed by atoms with van der Waals surface area (Å²) in [7, 11) is -3.71. The standard InChI is InChI=1S/C23H26ClN3O4S2/c1-15(2)27-20-10-7-16(13-21(20)32-23(27)29)25-22(28)18-14-17(8-9-19(18)24)33(30,31)26-11-5-3-4-6-12-26/h7-10,13-15H,3-6,11-12H2,1-2H3,(H,25,28). The molecule has 0 atom stereocenters. The Balaban J connectivity index is 1.61. The molecule has 1 saturated heterocycles. The summed E-state index contributed by atoms with van der Waals surface area (Å²) in [5.74, 6) is -0.511. The first-order valence-electron chi connectivity index (χ1n) is 10.9. The number of halogens is 1. The maximum atomic E-state index is 13.1. The summed E-state index contributed by atoms with van der Waals surface area (Å²) in [6, 6.07) is 9.51. The molecule has 1 fully saturated rings. The Morgan fingerprint density at radius 1 is 1.06 bits per heavy atom. The molecule has 0 radical (unpaired) electrons. The Morgan fingerprint density at radius 3 is 2.42 bits per heavy atom. The number of carbonyl (C=O) groups is 1. The first kappa shape index (κ1) is 23.9. The number of hydrogen-bond donors (Lipinski definition) is 1. The van der Waals surface area contributed by atoms with Gasteiger partial charge < -0.3 is 5.32 Å². The number of aromatic nitrogens is 1. The van der Waals surface area contributed by atoms with Crippen LogP contribution in [0.2, 0.25) is 5.02 Å². The van der Waals surface area contributed by atoms with E-state index in [0.29, 0.717) is 18.8 Å². The molecule has 1 aliphatic rings. The van der Waals surface area contributed by atoms with Gasteiger partial charge in [0, 0.05) is 24.8 Å². The summed E-state index contributed by atoms with van der Waals surface area (Å²) in [5, 5.41) is 2.95. The Hall–Kier alpha value is -2.20. The first-order valence-corrected chi connectivity index (χ1v) is 13.6. The summed E-state index contributed by atoms with van der Waals surface area (Å²) >= 11 is 7.38. The molecule has 7 nitrogen and oxygen atoms in total. The molecule has 3 aromatic rings. The van der Waals surface area contributed by atoms with Gasteiger partial charge in [-0.3, -0.25) is 14.2 Å². The van der Waals surface area contributed by atoms with Gasteiger partial charge in [0.1, 0.15) is 0 Å². The van der Waals surface area contributed by atoms with E-state index in [9.17, 15) is 18.0 Å². The van der Waals surface area contributed by atoms with Crippen molar-refractivity contribution in [2.45, 2.75) is 50.5 Å². The zero-order chi connectivity index (χ0) is 23.8. The third-order valence-corrected chi connectivity index (χ3v) is 8.92. The minimum absolute atomic E-state index is 0.0272. The van der Waals surface area contributed by atoms with E-state index in [0.717, 1.165) is 47.2 Å². The number of benzene rings is 2. The van der Waals surface area contributed by atoms with Crippen molar-refractivity contribution in [2.24, 2.45) is 0 Å². The van der Waals surface area contributed by atoms with Gasteiger partial charge in [-0.1, -0.05) is 35.8 Å². The Kier molecular flexibility index (Phi) is 6.95. The van der Waals surface area contributed by atoms with Crippen molar-refractivity contribution in [3.63, 3.8) is 0 Å². The molecular weight excluding hydrogens is 482 g/mol. The van der Waals surface area contributed by atoms with Crippen molar-refractivity contribution in [3.8, 4) is 0 Å². The summed E-state index contributed by atoms with van der Waals surface area (Å²) in [5.41, 5.74) is 1.39. The average molecular weight is 508 g/mol. The predicted molar refractivity (Wildman–Crippen MR) is 133 cm³/mol. The SMILES string of the molecule is CC(C)n1c(=O)sc2cc(NC(=O)c3cc(S(=O)(=O)N4CCCCCC4)ccc3Cl)ccc21. The number of amides is 1. The van der Waals surface area contributed by atoms with Crippen LogP contribution in [0.1, 0.15) is 55.9 Å². The lowest BCUT2D eigenvalue weighted by Gasteiger charge is -2.20. The molecule has 1 aliphatic heterocycles. The third kappa shape index (κ3) is 4.87. The molecule has 0 aliphatic carbocycles. The van der Waals surface area contributed by atoms with Gasteiger partial charge in [-0.2, -0.15) is 4.31 Å². The number of anilines is 1. The monoisotopic (exact) mass is 507 g/mol. The zero-order valence-corrected chi connectivity index (χ0v) is 20.9. The molecule has 2 aromatic carbocycles. The zero-order valence-electron chi connectivity index (χ0n) is 18.5. The highest BCUT2D eigenvalue weighted by molar-refractivity contribution is 7.89. The van der Waals surface area contributed by atoms with Crippen molar-refractivity contribution >= 4 is 54.8 Å². The van der Waals surface area contributed by atoms with E-state index in [4.69, 9.17) is 11.6 Å². The number of hydrogen-bond acceptors (Lipinski definition) is 5. The van der Waals surface area contributed by atoms with E-state index in [1.165, 1.54) is 22.5 Å². The number of sulfonamides is 1. The predicted octanol–water partition coefficient (Wildman–Crippen LogP) is 5.11. The molecule has 4 rings (SSSR count). The third-order valence-electron chi connectivity index (χ3n) is 5.77. The van der Waals surface area contributed by atoms with Gasteiger partial charge in [-0.05, 0) is 63.1 Å². The van der Waals surface area contributed by atoms with Crippen molar-refractivity contribution in [2.75, 3.05) is 18.4 Å². The molecule has 0 unspecified atom stereocenters. The second kappa shape index (κ2) is 9.58. The average Bonchev–Trinajstić information content (AvgIpc) is 2.92. The molecule has 10 heteroatoms. The van der Waals surface area contributed by atoms with Gasteiger partial charge in [-0.15, -0.1) is 0 Å². The van der Waals surface area contributed by atoms with Gasteiger partial charge in [0.2, 0.25) is 10.0 Å². The molecule has 1 N–H and O–H groups in total. The topological polar surface area (TPSA) is 88.5 Å². The fraction of sp³-hybridized carbons (Fsp3) is 0.391. The number of nitrogens with one attached hydrogen (secondary N) is 1. The van der Waals surface area contributed by atoms with Crippen LogP contribution >= 0.6 is 22.9 Å². The summed E-state index contributed by atoms with van der Waals surface area (Å²) in [6.45, 7) is 4.84. The van der Waals surface area contributed by atoms with Crippen molar-refractivity contribution in [1.29, 1.82) is 0 Å². The van der Waals surface area contributed by atoms with Crippen LogP contribution < -0.4 is 10.2 Å². The van der Waals surface area contributed by atoms with E-state index in [-0.39, 0.29) is 26.4 Å². The highest BCUT2D eigenvalue weighted by atomic mass is 35.5. The van der Waals surface area contributed by atoms with Crippen molar-refractivity contribution < 1.29 is 13.2 Å². The van der Waals surface area contributed by atoms with Crippen molar-refractivity contribution in [1.82, 2.24) is 8.87 Å². The quantitative estimate of drug-likeness (QED) is 0.519. The second-order valence-electron chi connectivity index (χ2n) is 8.43. The minimum atomic E-state index is -3.71. The first-order chi connectivity index (χ1) is 15.7. The Bertz CT molecular complexity index is 1350. The molecule has 1 amide bonds. The van der Waals surface area contributed by atoms with Gasteiger partial charge in [0.05, 0.1) is 25.7 Å². The largest absolute Gasteiger partial charge is 0.322 e. The van der Waals surface area contributed by atoms with Crippen LogP contribution in [-0.2, 0) is 10.0 Å². The molecule has 2 heterocycles. The van der Waals surface area contributed by atoms with E-state index in [1.807, 2.05) is 13.8 Å². The number of rotatable bonds is 5. The minimum Gasteiger partial charge on any atom is -0.322 e. The number of carbonyl (C=O) groups excluding carboxylic acids is 1. The Labute approximate surface area is 202 Å². The molecule has 1 aromatic heterocycles. The van der Waals surface area contributed by atoms with E-state index in [1.54, 1.807) is 22.8 Å². The fourth-order valence-electron chi connectivity index (χ4n) is 4.07. The lowest BCUT2D eigenvalue weighted by molar-refractivity contribution is 0.102. The van der Waals surface area contributed by atoms with Gasteiger partial charge in [-0.25, -0.2) is 8.42 Å². The van der Waals surface area contributed by atoms with Crippen molar-refractivity contribution in [3.05, 3.63) is 56.7 Å². The van der Waals surface area contributed by atoms with Crippen LogP contribution in [0, 0.1) is 0 Å². The lowest BCUT2D eigenvalue weighted by Crippen LogP contribution is -2.32. The van der Waals surface area contributed by atoms with Crippen LogP contribution in [0.15, 0.2) is 46.1 Å². The summed E-state index contributed by atoms with van der Waals surface area (Å²) in [6.07, 6.45) is 3.68. The maximum absolute atomic E-state index is 13.1. The van der Waals surface area contributed by atoms with Crippen LogP contribution in [0.3, 0.4) is 0 Å². The molecule has 176 valence electrons. The number of nitrogens with zero attached hydrogens (tertiary/aromatic N) is 2. The fourth-order valence-corrected chi connectivity index (χ4v) is 6.87. The normalized spacial score (nSPS) is 15.6. The van der Waals surface area contributed by atoms with Crippen LogP contribution in [0.25, 0.3) is 10.2 Å². The lowest BCUT2D eigenvalue weighted by atomic mass is 10.2. The van der Waals surface area contributed by atoms with E-state index < -0.39 is 15.9 Å². The molecule has 33 heavy (non-hydrogen) atoms. The van der Waals surface area contributed by atoms with Crippen LogP contribution in [0.5, 0.6) is 0 Å². The second-order valence-corrected chi connectivity index (χ2v) is 11.8. The summed E-state index contributed by atoms with van der Waals surface area (Å²) in [4.78, 5) is 25.3. The summed E-state index contributed by atoms with van der Waals surface area (Å²) < 4.78 is 30.2. The highest BCUT2D eigenvalue weighted by Gasteiger charge is 2.26. The smallest absolute Gasteiger partial charge is 0.308 e. The number of fused-ring (bicyclic) bond motifs is 1. The van der Waals surface area contributed by atoms with Gasteiger partial charge in [0.25, 0.3) is 5.91 Å². The maximum Gasteiger partial charge on any atom is 0.308 e. The Morgan fingerprint density at radius 2 is 1.76 bits per heavy atom. The molecule has 0 spiro atoms. The highest BCUT2D eigenvalue weighted by Crippen LogP contribution is 2.27. The molecule has 0 saturated carbocycles. The van der Waals surface area contributed by atoms with Crippen LogP contribution in [0.4, 0.5) is 5.69 Å². The number of thiazole rings is 1. The molecular formula is C23H26ClN3O4S2. The van der Waals surface area contributed by atoms with E-state index in [2.05, 4.69) is 5.32 Å². The van der Waals surface area contributed by atoms with Gasteiger partial charge in [0.15, 0.2) is 0 Å².